The second-order valence-electron chi connectivity index (χ2n) is 16.3. The van der Waals surface area contributed by atoms with Crippen LogP contribution in [0.5, 0.6) is 0 Å². The van der Waals surface area contributed by atoms with Crippen molar-refractivity contribution in [3.8, 4) is 0 Å². The van der Waals surface area contributed by atoms with E-state index in [2.05, 4.69) is 78.3 Å². The maximum Gasteiger partial charge on any atom is 0.318 e. The standard InChI is InChI=1S/5C10H22.C2H7O3P/c5*1-3-5-7-9-10-8-6-4-2;1-4-6(3)5-2/h5*3-10H2,1-2H3;6H,1-2H3. The van der Waals surface area contributed by atoms with Crippen molar-refractivity contribution in [2.45, 2.75) is 326 Å². The van der Waals surface area contributed by atoms with Gasteiger partial charge in [-0.05, 0) is 0 Å². The zero-order valence-corrected chi connectivity index (χ0v) is 43.0. The molecule has 4 heteroatoms. The largest absolute Gasteiger partial charge is 0.318 e. The molecule has 0 saturated heterocycles. The molecule has 0 amide bonds. The fraction of sp³-hybridized carbons (Fsp3) is 1.00. The van der Waals surface area contributed by atoms with E-state index >= 15 is 0 Å². The van der Waals surface area contributed by atoms with Crippen molar-refractivity contribution < 1.29 is 13.6 Å². The summed E-state index contributed by atoms with van der Waals surface area (Å²) in [4.78, 5) is 0. The van der Waals surface area contributed by atoms with Gasteiger partial charge in [0.1, 0.15) is 0 Å². The van der Waals surface area contributed by atoms with Gasteiger partial charge < -0.3 is 9.05 Å². The van der Waals surface area contributed by atoms with E-state index in [1.54, 1.807) is 0 Å². The third-order valence-electron chi connectivity index (χ3n) is 10.1. The monoisotopic (exact) mass is 821 g/mol. The first-order valence-corrected chi connectivity index (χ1v) is 27.2. The SMILES string of the molecule is CCCCCCCCCC.CCCCCCCCCC.CCCCCCCCCC.CCCCCCCCCC.CCCCCCCCCC.CO[PH](=O)OC. The summed E-state index contributed by atoms with van der Waals surface area (Å²) in [6.45, 7) is 22.7. The molecule has 0 radical (unpaired) electrons. The lowest BCUT2D eigenvalue weighted by molar-refractivity contribution is 0.302. The zero-order chi connectivity index (χ0) is 43.3. The molecule has 0 aliphatic heterocycles. The highest BCUT2D eigenvalue weighted by Gasteiger charge is 1.91. The molecule has 0 atom stereocenters. The molecule has 0 bridgehead atoms. The maximum absolute atomic E-state index is 9.92. The molecule has 0 aromatic heterocycles. The third-order valence-corrected chi connectivity index (χ3v) is 10.8. The van der Waals surface area contributed by atoms with Crippen LogP contribution < -0.4 is 0 Å². The smallest absolute Gasteiger partial charge is 0.314 e. The summed E-state index contributed by atoms with van der Waals surface area (Å²) in [5, 5.41) is 0. The Hall–Kier alpha value is 0.150. The van der Waals surface area contributed by atoms with Crippen LogP contribution in [-0.2, 0) is 13.6 Å². The van der Waals surface area contributed by atoms with Crippen molar-refractivity contribution in [1.82, 2.24) is 0 Å². The molecule has 0 aliphatic carbocycles. The topological polar surface area (TPSA) is 35.5 Å². The highest BCUT2D eigenvalue weighted by molar-refractivity contribution is 7.33. The van der Waals surface area contributed by atoms with Crippen molar-refractivity contribution in [3.05, 3.63) is 0 Å². The summed E-state index contributed by atoms with van der Waals surface area (Å²) in [5.74, 6) is 0. The Kier molecular flexibility index (Phi) is 96.2. The van der Waals surface area contributed by atoms with Crippen LogP contribution in [-0.4, -0.2) is 14.2 Å². The summed E-state index contributed by atoms with van der Waals surface area (Å²) in [6.07, 6.45) is 57.3. The first-order chi connectivity index (χ1) is 27.4. The van der Waals surface area contributed by atoms with Crippen LogP contribution in [0.15, 0.2) is 0 Å². The molecule has 0 aromatic carbocycles. The maximum atomic E-state index is 9.92. The van der Waals surface area contributed by atoms with Gasteiger partial charge in [0.05, 0.1) is 0 Å². The van der Waals surface area contributed by atoms with Gasteiger partial charge in [0.25, 0.3) is 0 Å². The van der Waals surface area contributed by atoms with Gasteiger partial charge in [-0.25, -0.2) is 0 Å². The molecule has 3 nitrogen and oxygen atoms in total. The number of hydrogen-bond acceptors (Lipinski definition) is 3. The van der Waals surface area contributed by atoms with Crippen LogP contribution in [0.25, 0.3) is 0 Å². The Morgan fingerprint density at radius 2 is 0.304 bits per heavy atom. The quantitative estimate of drug-likeness (QED) is 0.0463. The Labute approximate surface area is 360 Å². The van der Waals surface area contributed by atoms with Crippen molar-refractivity contribution in [2.75, 3.05) is 14.2 Å². The Morgan fingerprint density at radius 3 is 0.357 bits per heavy atom. The molecule has 0 unspecified atom stereocenters. The molecule has 0 rings (SSSR count). The van der Waals surface area contributed by atoms with E-state index in [9.17, 15) is 4.57 Å². The van der Waals surface area contributed by atoms with Crippen molar-refractivity contribution in [3.63, 3.8) is 0 Å². The molecule has 0 aliphatic rings. The Morgan fingerprint density at radius 1 is 0.214 bits per heavy atom. The summed E-state index contributed by atoms with van der Waals surface area (Å²) in [7, 11) is 0.558. The lowest BCUT2D eigenvalue weighted by Gasteiger charge is -1.97. The summed E-state index contributed by atoms with van der Waals surface area (Å²) < 4.78 is 18.4. The van der Waals surface area contributed by atoms with Gasteiger partial charge in [0.2, 0.25) is 0 Å². The van der Waals surface area contributed by atoms with Crippen molar-refractivity contribution >= 4 is 8.25 Å². The van der Waals surface area contributed by atoms with Crippen LogP contribution in [0, 0.1) is 0 Å². The predicted molar refractivity (Wildman–Crippen MR) is 264 cm³/mol. The fourth-order valence-corrected chi connectivity index (χ4v) is 6.29. The average molecular weight is 821 g/mol. The van der Waals surface area contributed by atoms with E-state index in [1.807, 2.05) is 0 Å². The highest BCUT2D eigenvalue weighted by Crippen LogP contribution is 2.18. The molecular weight excluding hydrogens is 704 g/mol. The molecule has 0 heterocycles. The lowest BCUT2D eigenvalue weighted by atomic mass is 10.1. The molecule has 348 valence electrons. The highest BCUT2D eigenvalue weighted by atomic mass is 31.1. The molecule has 0 N–H and O–H groups in total. The number of hydrogen-bond donors (Lipinski definition) is 0. The van der Waals surface area contributed by atoms with Gasteiger partial charge in [-0.3, -0.25) is 4.57 Å². The molecule has 0 spiro atoms. The van der Waals surface area contributed by atoms with E-state index in [0.29, 0.717) is 0 Å². The second kappa shape index (κ2) is 79.3. The van der Waals surface area contributed by atoms with Gasteiger partial charge in [-0.15, -0.1) is 0 Å². The van der Waals surface area contributed by atoms with Crippen LogP contribution in [0.2, 0.25) is 0 Å². The van der Waals surface area contributed by atoms with Gasteiger partial charge >= 0.3 is 8.25 Å². The van der Waals surface area contributed by atoms with E-state index in [-0.39, 0.29) is 0 Å². The van der Waals surface area contributed by atoms with Crippen molar-refractivity contribution in [1.29, 1.82) is 0 Å². The average Bonchev–Trinajstić information content (AvgIpc) is 3.22. The van der Waals surface area contributed by atoms with Crippen molar-refractivity contribution in [2.24, 2.45) is 0 Å². The minimum absolute atomic E-state index is 1.34. The van der Waals surface area contributed by atoms with Crippen LogP contribution in [0.4, 0.5) is 0 Å². The zero-order valence-electron chi connectivity index (χ0n) is 42.0. The minimum Gasteiger partial charge on any atom is -0.314 e. The molecule has 56 heavy (non-hydrogen) atoms. The van der Waals surface area contributed by atoms with E-state index < -0.39 is 8.25 Å². The molecule has 0 fully saturated rings. The first kappa shape index (κ1) is 67.9. The first-order valence-electron chi connectivity index (χ1n) is 26.0. The van der Waals surface area contributed by atoms with Gasteiger partial charge in [0.15, 0.2) is 0 Å². The summed E-state index contributed by atoms with van der Waals surface area (Å²) in [6, 6.07) is 0. The van der Waals surface area contributed by atoms with Crippen LogP contribution in [0.3, 0.4) is 0 Å². The molecule has 0 saturated carbocycles. The number of rotatable bonds is 37. The van der Waals surface area contributed by atoms with Gasteiger partial charge in [-0.1, -0.05) is 326 Å². The molecular formula is C52H117O3P. The molecule has 0 aromatic rings. The Balaban J connectivity index is -0.000000135. The number of unbranched alkanes of at least 4 members (excludes halogenated alkanes) is 35. The Bertz CT molecular complexity index is 417. The van der Waals surface area contributed by atoms with E-state index in [4.69, 9.17) is 0 Å². The fourth-order valence-electron chi connectivity index (χ4n) is 6.12. The van der Waals surface area contributed by atoms with Crippen LogP contribution in [0.1, 0.15) is 326 Å². The third kappa shape index (κ3) is 99.8. The normalized spacial score (nSPS) is 10.2. The van der Waals surface area contributed by atoms with Gasteiger partial charge in [-0.2, -0.15) is 0 Å². The lowest BCUT2D eigenvalue weighted by Crippen LogP contribution is -1.77. The summed E-state index contributed by atoms with van der Waals surface area (Å²) >= 11 is 0. The van der Waals surface area contributed by atoms with Crippen LogP contribution >= 0.6 is 8.25 Å². The van der Waals surface area contributed by atoms with E-state index in [0.717, 1.165) is 0 Å². The van der Waals surface area contributed by atoms with E-state index in [1.165, 1.54) is 271 Å². The second-order valence-corrected chi connectivity index (χ2v) is 17.6. The minimum atomic E-state index is -2.12. The summed E-state index contributed by atoms with van der Waals surface area (Å²) in [5.41, 5.74) is 0. The van der Waals surface area contributed by atoms with Gasteiger partial charge in [0, 0.05) is 14.2 Å². The predicted octanol–water partition coefficient (Wildman–Crippen LogP) is 21.4.